The van der Waals surface area contributed by atoms with Gasteiger partial charge in [-0.25, -0.2) is 4.99 Å². The Morgan fingerprint density at radius 3 is 2.78 bits per heavy atom. The van der Waals surface area contributed by atoms with Gasteiger partial charge in [-0.05, 0) is 31.2 Å². The SMILES string of the molecule is CCNC(=NCc1ccc(Cl)cc1OC)NCc1ccco1.I. The molecule has 1 heterocycles. The second-order valence-electron chi connectivity index (χ2n) is 4.58. The number of rotatable bonds is 6. The molecular formula is C16H21ClIN3O2. The molecule has 2 aromatic rings. The number of hydrogen-bond acceptors (Lipinski definition) is 3. The third-order valence-electron chi connectivity index (χ3n) is 3.01. The molecule has 0 aliphatic rings. The van der Waals surface area contributed by atoms with Crippen molar-refractivity contribution in [3.8, 4) is 5.75 Å². The lowest BCUT2D eigenvalue weighted by Crippen LogP contribution is -2.36. The Morgan fingerprint density at radius 2 is 2.13 bits per heavy atom. The van der Waals surface area contributed by atoms with Gasteiger partial charge in [0, 0.05) is 17.1 Å². The van der Waals surface area contributed by atoms with Crippen molar-refractivity contribution in [2.45, 2.75) is 20.0 Å². The Labute approximate surface area is 158 Å². The van der Waals surface area contributed by atoms with E-state index >= 15 is 0 Å². The van der Waals surface area contributed by atoms with Crippen molar-refractivity contribution in [1.82, 2.24) is 10.6 Å². The predicted octanol–water partition coefficient (Wildman–Crippen LogP) is 3.81. The van der Waals surface area contributed by atoms with Crippen molar-refractivity contribution in [2.24, 2.45) is 4.99 Å². The summed E-state index contributed by atoms with van der Waals surface area (Å²) in [6.07, 6.45) is 1.65. The molecule has 0 amide bonds. The van der Waals surface area contributed by atoms with Gasteiger partial charge in [0.15, 0.2) is 5.96 Å². The summed E-state index contributed by atoms with van der Waals surface area (Å²) < 4.78 is 10.6. The first-order chi connectivity index (χ1) is 10.7. The summed E-state index contributed by atoms with van der Waals surface area (Å²) in [6.45, 7) is 3.87. The van der Waals surface area contributed by atoms with Crippen LogP contribution < -0.4 is 15.4 Å². The van der Waals surface area contributed by atoms with E-state index in [2.05, 4.69) is 15.6 Å². The lowest BCUT2D eigenvalue weighted by molar-refractivity contribution is 0.410. The van der Waals surface area contributed by atoms with E-state index < -0.39 is 0 Å². The van der Waals surface area contributed by atoms with E-state index in [0.29, 0.717) is 18.1 Å². The summed E-state index contributed by atoms with van der Waals surface area (Å²) in [4.78, 5) is 4.55. The summed E-state index contributed by atoms with van der Waals surface area (Å²) in [6, 6.07) is 9.31. The Bertz CT molecular complexity index is 618. The predicted molar refractivity (Wildman–Crippen MR) is 104 cm³/mol. The fraction of sp³-hybridized carbons (Fsp3) is 0.312. The van der Waals surface area contributed by atoms with Crippen molar-refractivity contribution in [1.29, 1.82) is 0 Å². The highest BCUT2D eigenvalue weighted by Crippen LogP contribution is 2.23. The molecule has 0 saturated heterocycles. The molecule has 23 heavy (non-hydrogen) atoms. The van der Waals surface area contributed by atoms with E-state index in [1.165, 1.54) is 0 Å². The number of nitrogens with one attached hydrogen (secondary N) is 2. The topological polar surface area (TPSA) is 58.8 Å². The molecule has 0 atom stereocenters. The van der Waals surface area contributed by atoms with E-state index in [9.17, 15) is 0 Å². The number of benzene rings is 1. The first-order valence-electron chi connectivity index (χ1n) is 7.10. The molecule has 126 valence electrons. The van der Waals surface area contributed by atoms with Gasteiger partial charge < -0.3 is 19.8 Å². The number of aliphatic imine (C=N–C) groups is 1. The third kappa shape index (κ3) is 6.31. The van der Waals surface area contributed by atoms with E-state index in [1.807, 2.05) is 31.2 Å². The van der Waals surface area contributed by atoms with Crippen LogP contribution in [0.15, 0.2) is 46.0 Å². The minimum atomic E-state index is 0. The molecule has 0 saturated carbocycles. The van der Waals surface area contributed by atoms with Gasteiger partial charge in [0.1, 0.15) is 11.5 Å². The fourth-order valence-corrected chi connectivity index (χ4v) is 2.10. The molecule has 2 N–H and O–H groups in total. The van der Waals surface area contributed by atoms with E-state index in [0.717, 1.165) is 29.6 Å². The van der Waals surface area contributed by atoms with Gasteiger partial charge in [-0.2, -0.15) is 0 Å². The van der Waals surface area contributed by atoms with Crippen LogP contribution in [0.4, 0.5) is 0 Å². The monoisotopic (exact) mass is 449 g/mol. The molecule has 1 aromatic heterocycles. The lowest BCUT2D eigenvalue weighted by atomic mass is 10.2. The first-order valence-corrected chi connectivity index (χ1v) is 7.47. The average Bonchev–Trinajstić information content (AvgIpc) is 3.04. The molecule has 0 unspecified atom stereocenters. The maximum atomic E-state index is 5.96. The number of methoxy groups -OCH3 is 1. The number of halogens is 2. The van der Waals surface area contributed by atoms with Gasteiger partial charge in [-0.15, -0.1) is 24.0 Å². The van der Waals surface area contributed by atoms with Gasteiger partial charge in [0.05, 0.1) is 26.5 Å². The average molecular weight is 450 g/mol. The zero-order chi connectivity index (χ0) is 15.8. The number of ether oxygens (including phenoxy) is 1. The number of guanidine groups is 1. The van der Waals surface area contributed by atoms with Crippen LogP contribution in [-0.2, 0) is 13.1 Å². The van der Waals surface area contributed by atoms with Crippen LogP contribution in [0.3, 0.4) is 0 Å². The maximum absolute atomic E-state index is 5.96. The van der Waals surface area contributed by atoms with Crippen molar-refractivity contribution in [3.63, 3.8) is 0 Å². The number of furan rings is 1. The molecule has 7 heteroatoms. The van der Waals surface area contributed by atoms with E-state index in [4.69, 9.17) is 20.8 Å². The molecular weight excluding hydrogens is 429 g/mol. The van der Waals surface area contributed by atoms with Gasteiger partial charge in [-0.3, -0.25) is 0 Å². The van der Waals surface area contributed by atoms with Crippen LogP contribution in [0.1, 0.15) is 18.2 Å². The molecule has 0 spiro atoms. The standard InChI is InChI=1S/C16H20ClN3O2.HI/c1-3-18-16(20-11-14-5-4-8-22-14)19-10-12-6-7-13(17)9-15(12)21-2;/h4-9H,3,10-11H2,1-2H3,(H2,18,19,20);1H. The first kappa shape index (κ1) is 19.6. The summed E-state index contributed by atoms with van der Waals surface area (Å²) in [5, 5.41) is 7.06. The highest BCUT2D eigenvalue weighted by Gasteiger charge is 2.05. The molecule has 0 bridgehead atoms. The second kappa shape index (κ2) is 10.4. The van der Waals surface area contributed by atoms with Gasteiger partial charge in [0.25, 0.3) is 0 Å². The van der Waals surface area contributed by atoms with Gasteiger partial charge >= 0.3 is 0 Å². The van der Waals surface area contributed by atoms with Gasteiger partial charge in [-0.1, -0.05) is 17.7 Å². The summed E-state index contributed by atoms with van der Waals surface area (Å²) in [5.74, 6) is 2.31. The van der Waals surface area contributed by atoms with Crippen LogP contribution >= 0.6 is 35.6 Å². The Morgan fingerprint density at radius 1 is 1.30 bits per heavy atom. The zero-order valence-corrected chi connectivity index (χ0v) is 16.2. The van der Waals surface area contributed by atoms with Crippen molar-refractivity contribution in [3.05, 3.63) is 52.9 Å². The largest absolute Gasteiger partial charge is 0.496 e. The van der Waals surface area contributed by atoms with Crippen molar-refractivity contribution >= 4 is 41.5 Å². The zero-order valence-electron chi connectivity index (χ0n) is 13.1. The third-order valence-corrected chi connectivity index (χ3v) is 3.25. The highest BCUT2D eigenvalue weighted by atomic mass is 127. The highest BCUT2D eigenvalue weighted by molar-refractivity contribution is 14.0. The Kier molecular flexibility index (Phi) is 8.86. The molecule has 2 rings (SSSR count). The summed E-state index contributed by atoms with van der Waals surface area (Å²) in [5.41, 5.74) is 0.974. The fourth-order valence-electron chi connectivity index (χ4n) is 1.94. The quantitative estimate of drug-likeness (QED) is 0.400. The van der Waals surface area contributed by atoms with Crippen LogP contribution in [0.2, 0.25) is 5.02 Å². The van der Waals surface area contributed by atoms with E-state index in [-0.39, 0.29) is 24.0 Å². The maximum Gasteiger partial charge on any atom is 0.191 e. The van der Waals surface area contributed by atoms with Crippen LogP contribution in [0, 0.1) is 0 Å². The summed E-state index contributed by atoms with van der Waals surface area (Å²) in [7, 11) is 1.62. The molecule has 5 nitrogen and oxygen atoms in total. The molecule has 0 radical (unpaired) electrons. The van der Waals surface area contributed by atoms with Crippen LogP contribution in [-0.4, -0.2) is 19.6 Å². The van der Waals surface area contributed by atoms with Crippen LogP contribution in [0.5, 0.6) is 5.75 Å². The molecule has 0 fully saturated rings. The lowest BCUT2D eigenvalue weighted by Gasteiger charge is -2.11. The second-order valence-corrected chi connectivity index (χ2v) is 5.02. The minimum absolute atomic E-state index is 0. The Balaban J connectivity index is 0.00000264. The van der Waals surface area contributed by atoms with Crippen molar-refractivity contribution < 1.29 is 9.15 Å². The Hall–Kier alpha value is -1.41. The molecule has 1 aromatic carbocycles. The van der Waals surface area contributed by atoms with Crippen LogP contribution in [0.25, 0.3) is 0 Å². The summed E-state index contributed by atoms with van der Waals surface area (Å²) >= 11 is 5.96. The smallest absolute Gasteiger partial charge is 0.191 e. The minimum Gasteiger partial charge on any atom is -0.496 e. The van der Waals surface area contributed by atoms with Gasteiger partial charge in [0.2, 0.25) is 0 Å². The number of hydrogen-bond donors (Lipinski definition) is 2. The molecule has 0 aliphatic heterocycles. The van der Waals surface area contributed by atoms with E-state index in [1.54, 1.807) is 19.4 Å². The molecule has 0 aliphatic carbocycles. The van der Waals surface area contributed by atoms with Crippen molar-refractivity contribution in [2.75, 3.05) is 13.7 Å². The normalized spacial score (nSPS) is 10.8. The number of nitrogens with zero attached hydrogens (tertiary/aromatic N) is 1.